The summed E-state index contributed by atoms with van der Waals surface area (Å²) in [5.41, 5.74) is 8.40. The fourth-order valence-corrected chi connectivity index (χ4v) is 5.62. The Morgan fingerprint density at radius 2 is 2.14 bits per heavy atom. The lowest BCUT2D eigenvalue weighted by Gasteiger charge is -2.28. The Bertz CT molecular complexity index is 1410. The van der Waals surface area contributed by atoms with Crippen molar-refractivity contribution in [3.63, 3.8) is 0 Å². The average Bonchev–Trinajstić information content (AvgIpc) is 3.51. The summed E-state index contributed by atoms with van der Waals surface area (Å²) in [6.07, 6.45) is 2.06. The molecule has 0 amide bonds. The molecule has 1 aromatic carbocycles. The van der Waals surface area contributed by atoms with Crippen LogP contribution >= 0.6 is 7.75 Å². The number of nitrogens with one attached hydrogen (secondary N) is 2. The Hall–Kier alpha value is -2.79. The lowest BCUT2D eigenvalue weighted by Crippen LogP contribution is -2.32. The highest BCUT2D eigenvalue weighted by molar-refractivity contribution is 7.50. The molecule has 1 aliphatic rings. The van der Waals surface area contributed by atoms with E-state index in [2.05, 4.69) is 20.2 Å². The number of aromatic amines is 1. The first-order valence-corrected chi connectivity index (χ1v) is 13.0. The number of benzene rings is 1. The van der Waals surface area contributed by atoms with Gasteiger partial charge in [0.15, 0.2) is 5.82 Å². The standard InChI is InChI=1S/C23H29N6O5P/c1-14-21(30)19(34-23(14,2)20-8-7-18-22(24)26-13-27-29(18)20)12-33-35(31,32)28-10-9-15-11-25-17-6-4-3-5-16(15)17/h3-8,11,13-14,19,21,25,30H,9-10,12H2,1-2H3,(H2,24,26,27)(H2,28,31,32). The number of rotatable bonds is 8. The number of hydrogen-bond donors (Lipinski definition) is 5. The lowest BCUT2D eigenvalue weighted by molar-refractivity contribution is -0.0720. The quantitative estimate of drug-likeness (QED) is 0.229. The van der Waals surface area contributed by atoms with Crippen molar-refractivity contribution in [3.05, 3.63) is 60.2 Å². The largest absolute Gasteiger partial charge is 0.403 e. The van der Waals surface area contributed by atoms with Gasteiger partial charge in [0, 0.05) is 29.6 Å². The molecule has 3 aromatic heterocycles. The third kappa shape index (κ3) is 4.35. The number of nitrogens with two attached hydrogens (primary N) is 1. The number of ether oxygens (including phenoxy) is 1. The van der Waals surface area contributed by atoms with Gasteiger partial charge in [0.1, 0.15) is 23.5 Å². The van der Waals surface area contributed by atoms with Gasteiger partial charge < -0.3 is 25.5 Å². The van der Waals surface area contributed by atoms with Crippen LogP contribution in [0.3, 0.4) is 0 Å². The number of aromatic nitrogens is 4. The molecule has 4 heterocycles. The maximum absolute atomic E-state index is 12.6. The van der Waals surface area contributed by atoms with Crippen LogP contribution in [-0.4, -0.2) is 54.9 Å². The number of aliphatic hydroxyl groups excluding tert-OH is 1. The van der Waals surface area contributed by atoms with E-state index in [0.717, 1.165) is 16.5 Å². The first-order valence-electron chi connectivity index (χ1n) is 11.4. The van der Waals surface area contributed by atoms with Gasteiger partial charge in [-0.1, -0.05) is 25.1 Å². The van der Waals surface area contributed by atoms with Gasteiger partial charge in [0.25, 0.3) is 0 Å². The molecular formula is C23H29N6O5P. The Morgan fingerprint density at radius 1 is 1.34 bits per heavy atom. The zero-order chi connectivity index (χ0) is 24.8. The fraction of sp³-hybridized carbons (Fsp3) is 0.391. The molecule has 35 heavy (non-hydrogen) atoms. The van der Waals surface area contributed by atoms with Gasteiger partial charge >= 0.3 is 7.75 Å². The van der Waals surface area contributed by atoms with E-state index < -0.39 is 25.6 Å². The normalized spacial score (nSPS) is 26.5. The van der Waals surface area contributed by atoms with Gasteiger partial charge in [-0.25, -0.2) is 19.2 Å². The lowest BCUT2D eigenvalue weighted by atomic mass is 9.85. The van der Waals surface area contributed by atoms with Crippen LogP contribution < -0.4 is 10.8 Å². The van der Waals surface area contributed by atoms with Crippen LogP contribution in [0.4, 0.5) is 5.82 Å². The van der Waals surface area contributed by atoms with Gasteiger partial charge in [-0.2, -0.15) is 5.10 Å². The predicted octanol–water partition coefficient (Wildman–Crippen LogP) is 2.35. The number of para-hydroxylation sites is 1. The van der Waals surface area contributed by atoms with E-state index in [1.54, 1.807) is 10.6 Å². The second kappa shape index (κ2) is 9.02. The van der Waals surface area contributed by atoms with Gasteiger partial charge in [0.2, 0.25) is 0 Å². The molecule has 5 unspecified atom stereocenters. The number of aliphatic hydroxyl groups is 1. The van der Waals surface area contributed by atoms with Crippen molar-refractivity contribution in [1.82, 2.24) is 24.7 Å². The molecule has 11 nitrogen and oxygen atoms in total. The second-order valence-corrected chi connectivity index (χ2v) is 10.7. The molecule has 1 aliphatic heterocycles. The number of nitrogens with zero attached hydrogens (tertiary/aromatic N) is 3. The van der Waals surface area contributed by atoms with E-state index in [9.17, 15) is 14.6 Å². The third-order valence-corrected chi connectivity index (χ3v) is 8.07. The summed E-state index contributed by atoms with van der Waals surface area (Å²) >= 11 is 0. The van der Waals surface area contributed by atoms with Crippen LogP contribution in [0.2, 0.25) is 0 Å². The van der Waals surface area contributed by atoms with Crippen LogP contribution in [0.25, 0.3) is 16.4 Å². The molecule has 0 bridgehead atoms. The van der Waals surface area contributed by atoms with Crippen molar-refractivity contribution in [2.45, 2.75) is 38.1 Å². The molecular weight excluding hydrogens is 471 g/mol. The minimum Gasteiger partial charge on any atom is -0.390 e. The summed E-state index contributed by atoms with van der Waals surface area (Å²) in [6, 6.07) is 11.5. The topological polar surface area (TPSA) is 160 Å². The highest BCUT2D eigenvalue weighted by atomic mass is 31.2. The van der Waals surface area contributed by atoms with Crippen LogP contribution in [0.15, 0.2) is 48.9 Å². The SMILES string of the molecule is CC1C(O)C(COP(=O)(O)NCCc2c[nH]c3ccccc23)OC1(C)c1ccc2c(N)ncnn12. The second-order valence-electron chi connectivity index (χ2n) is 9.04. The van der Waals surface area contributed by atoms with E-state index in [1.807, 2.05) is 50.4 Å². The zero-order valence-electron chi connectivity index (χ0n) is 19.5. The van der Waals surface area contributed by atoms with Crippen LogP contribution in [0.5, 0.6) is 0 Å². The minimum absolute atomic E-state index is 0.245. The highest BCUT2D eigenvalue weighted by Crippen LogP contribution is 2.46. The fourth-order valence-electron chi connectivity index (χ4n) is 4.78. The molecule has 1 saturated heterocycles. The Kier molecular flexibility index (Phi) is 6.16. The van der Waals surface area contributed by atoms with Crippen molar-refractivity contribution in [2.75, 3.05) is 18.9 Å². The smallest absolute Gasteiger partial charge is 0.390 e. The summed E-state index contributed by atoms with van der Waals surface area (Å²) in [7, 11) is -4.11. The molecule has 5 rings (SSSR count). The number of hydrogen-bond acceptors (Lipinski definition) is 7. The van der Waals surface area contributed by atoms with E-state index in [-0.39, 0.29) is 19.1 Å². The van der Waals surface area contributed by atoms with Crippen LogP contribution in [0.1, 0.15) is 25.1 Å². The Balaban J connectivity index is 1.22. The van der Waals surface area contributed by atoms with Gasteiger partial charge in [-0.15, -0.1) is 0 Å². The van der Waals surface area contributed by atoms with Gasteiger partial charge in [-0.3, -0.25) is 4.52 Å². The highest BCUT2D eigenvalue weighted by Gasteiger charge is 2.52. The maximum Gasteiger partial charge on any atom is 0.403 e. The molecule has 12 heteroatoms. The number of H-pyrrole nitrogens is 1. The first-order chi connectivity index (χ1) is 16.7. The van der Waals surface area contributed by atoms with Gasteiger partial charge in [-0.05, 0) is 37.1 Å². The van der Waals surface area contributed by atoms with Crippen molar-refractivity contribution >= 4 is 30.0 Å². The number of nitrogen functional groups attached to an aromatic ring is 1. The van der Waals surface area contributed by atoms with Crippen molar-refractivity contribution in [2.24, 2.45) is 5.92 Å². The van der Waals surface area contributed by atoms with E-state index >= 15 is 0 Å². The summed E-state index contributed by atoms with van der Waals surface area (Å²) in [6.45, 7) is 3.69. The van der Waals surface area contributed by atoms with E-state index in [4.69, 9.17) is 15.0 Å². The molecule has 1 fully saturated rings. The Labute approximate surface area is 201 Å². The summed E-state index contributed by atoms with van der Waals surface area (Å²) < 4.78 is 25.8. The first kappa shape index (κ1) is 23.9. The third-order valence-electron chi connectivity index (χ3n) is 6.94. The van der Waals surface area contributed by atoms with Crippen molar-refractivity contribution in [3.8, 4) is 0 Å². The minimum atomic E-state index is -4.11. The monoisotopic (exact) mass is 500 g/mol. The van der Waals surface area contributed by atoms with Crippen molar-refractivity contribution < 1.29 is 23.8 Å². The predicted molar refractivity (Wildman–Crippen MR) is 131 cm³/mol. The number of anilines is 1. The molecule has 0 radical (unpaired) electrons. The molecule has 0 saturated carbocycles. The molecule has 6 N–H and O–H groups in total. The zero-order valence-corrected chi connectivity index (χ0v) is 20.4. The maximum atomic E-state index is 12.6. The molecule has 5 atom stereocenters. The number of fused-ring (bicyclic) bond motifs is 2. The molecule has 4 aromatic rings. The summed E-state index contributed by atoms with van der Waals surface area (Å²) in [4.78, 5) is 17.5. The summed E-state index contributed by atoms with van der Waals surface area (Å²) in [5, 5.41) is 18.8. The van der Waals surface area contributed by atoms with Crippen molar-refractivity contribution in [1.29, 1.82) is 0 Å². The molecule has 0 aliphatic carbocycles. The van der Waals surface area contributed by atoms with E-state index in [1.165, 1.54) is 6.33 Å². The van der Waals surface area contributed by atoms with E-state index in [0.29, 0.717) is 23.4 Å². The van der Waals surface area contributed by atoms with Crippen LogP contribution in [-0.2, 0) is 25.8 Å². The van der Waals surface area contributed by atoms with Crippen LogP contribution in [0, 0.1) is 5.92 Å². The molecule has 0 spiro atoms. The summed E-state index contributed by atoms with van der Waals surface area (Å²) in [5.74, 6) is -0.0147. The van der Waals surface area contributed by atoms with Gasteiger partial charge in [0.05, 0.1) is 18.4 Å². The molecule has 186 valence electrons. The Morgan fingerprint density at radius 3 is 2.97 bits per heavy atom. The average molecular weight is 500 g/mol.